The second kappa shape index (κ2) is 15.5. The summed E-state index contributed by atoms with van der Waals surface area (Å²) >= 11 is 7.64. The molecule has 0 aliphatic carbocycles. The van der Waals surface area contributed by atoms with Gasteiger partial charge in [-0.25, -0.2) is 36.3 Å². The fourth-order valence-electron chi connectivity index (χ4n) is 6.05. The summed E-state index contributed by atoms with van der Waals surface area (Å²) in [5.41, 5.74) is -1.20. The number of carbonyl (C=O) groups is 1. The van der Waals surface area contributed by atoms with E-state index in [1.807, 2.05) is 0 Å². The first-order chi connectivity index (χ1) is 26.6. The highest BCUT2D eigenvalue weighted by Crippen LogP contribution is 2.40. The lowest BCUT2D eigenvalue weighted by Gasteiger charge is -2.25. The van der Waals surface area contributed by atoms with Gasteiger partial charge >= 0.3 is 12.3 Å². The van der Waals surface area contributed by atoms with Crippen LogP contribution in [-0.2, 0) is 34.3 Å². The Bertz CT molecular complexity index is 2640. The number of halogens is 6. The number of nitrogens with one attached hydrogen (secondary N) is 1. The number of ether oxygens (including phenoxy) is 2. The zero-order valence-corrected chi connectivity index (χ0v) is 33.1. The predicted octanol–water partition coefficient (Wildman–Crippen LogP) is 7.47. The van der Waals surface area contributed by atoms with E-state index in [-0.39, 0.29) is 37.8 Å². The van der Waals surface area contributed by atoms with Crippen LogP contribution in [0.25, 0.3) is 26.9 Å². The van der Waals surface area contributed by atoms with Gasteiger partial charge in [0, 0.05) is 12.5 Å². The number of rotatable bonds is 11. The largest absolute Gasteiger partial charge is 0.497 e. The van der Waals surface area contributed by atoms with Gasteiger partial charge in [-0.3, -0.25) is 14.0 Å². The maximum atomic E-state index is 14.5. The number of carbonyl (C=O) groups excluding carboxylic acids is 1. The maximum absolute atomic E-state index is 14.5. The molecule has 6 rings (SSSR count). The standard InChI is InChI=1S/C36H33ClF5N7O6S2/c1-35(2,3)55-34(51)44-25(14-20-12-21(38)15-22(39)13-20)30-45-32-28(43-18-56-32)33(50)49(30)26-11-10-24(37)27-29(26)47(17-36(40,41)42)46-31(27)48(57(5,52)53)16-19-6-8-23(54-4)9-7-19/h6-13,15,18,25H,14,16-17H2,1-5H3,(H,44,51)/t25-/m0/s1. The molecule has 3 aromatic carbocycles. The zero-order chi connectivity index (χ0) is 41.6. The van der Waals surface area contributed by atoms with Crippen molar-refractivity contribution in [2.45, 2.75) is 58.1 Å². The molecule has 1 amide bonds. The van der Waals surface area contributed by atoms with E-state index in [0.29, 0.717) is 22.1 Å². The third kappa shape index (κ3) is 9.29. The minimum Gasteiger partial charge on any atom is -0.497 e. The first-order valence-electron chi connectivity index (χ1n) is 16.8. The highest BCUT2D eigenvalue weighted by Gasteiger charge is 2.35. The minimum atomic E-state index is -4.94. The number of alkyl carbamates (subject to hydrolysis) is 1. The topological polar surface area (TPSA) is 151 Å². The second-order valence-corrected chi connectivity index (χ2v) is 16.9. The Hall–Kier alpha value is -5.34. The van der Waals surface area contributed by atoms with Gasteiger partial charge in [0.1, 0.15) is 35.4 Å². The normalized spacial score (nSPS) is 12.9. The predicted molar refractivity (Wildman–Crippen MR) is 204 cm³/mol. The lowest BCUT2D eigenvalue weighted by atomic mass is 10.0. The van der Waals surface area contributed by atoms with Gasteiger partial charge in [-0.2, -0.15) is 18.3 Å². The van der Waals surface area contributed by atoms with Crippen LogP contribution in [0.1, 0.15) is 43.8 Å². The molecule has 13 nitrogen and oxygen atoms in total. The third-order valence-corrected chi connectivity index (χ3v) is 10.4. The van der Waals surface area contributed by atoms with Crippen LogP contribution in [-0.4, -0.2) is 64.0 Å². The van der Waals surface area contributed by atoms with Crippen molar-refractivity contribution < 1.29 is 44.6 Å². The van der Waals surface area contributed by atoms with Gasteiger partial charge in [-0.15, -0.1) is 11.3 Å². The van der Waals surface area contributed by atoms with E-state index in [2.05, 4.69) is 20.4 Å². The van der Waals surface area contributed by atoms with Crippen molar-refractivity contribution in [1.82, 2.24) is 29.6 Å². The molecular weight excluding hydrogens is 821 g/mol. The van der Waals surface area contributed by atoms with E-state index in [1.54, 1.807) is 45.0 Å². The van der Waals surface area contributed by atoms with Crippen LogP contribution in [0.5, 0.6) is 5.75 Å². The zero-order valence-electron chi connectivity index (χ0n) is 30.7. The summed E-state index contributed by atoms with van der Waals surface area (Å²) in [5, 5.41) is 6.25. The molecule has 0 radical (unpaired) electrons. The van der Waals surface area contributed by atoms with Crippen molar-refractivity contribution in [1.29, 1.82) is 0 Å². The van der Waals surface area contributed by atoms with E-state index in [0.717, 1.165) is 38.6 Å². The van der Waals surface area contributed by atoms with Crippen molar-refractivity contribution in [2.75, 3.05) is 17.7 Å². The molecule has 21 heteroatoms. The second-order valence-electron chi connectivity index (χ2n) is 13.8. The van der Waals surface area contributed by atoms with Gasteiger partial charge in [0.2, 0.25) is 10.0 Å². The maximum Gasteiger partial charge on any atom is 0.408 e. The quantitative estimate of drug-likeness (QED) is 0.131. The lowest BCUT2D eigenvalue weighted by Crippen LogP contribution is -2.39. The number of alkyl halides is 3. The molecule has 3 heterocycles. The van der Waals surface area contributed by atoms with Crippen LogP contribution in [0.15, 0.2) is 64.9 Å². The fraction of sp³-hybridized carbons (Fsp3) is 0.306. The van der Waals surface area contributed by atoms with Crippen LogP contribution < -0.4 is 19.9 Å². The monoisotopic (exact) mass is 853 g/mol. The van der Waals surface area contributed by atoms with Crippen LogP contribution in [0, 0.1) is 11.6 Å². The van der Waals surface area contributed by atoms with Crippen LogP contribution in [0.4, 0.5) is 32.6 Å². The molecule has 0 saturated carbocycles. The number of anilines is 1. The van der Waals surface area contributed by atoms with E-state index >= 15 is 0 Å². The van der Waals surface area contributed by atoms with Crippen molar-refractivity contribution in [3.63, 3.8) is 0 Å². The van der Waals surface area contributed by atoms with E-state index in [9.17, 15) is 40.0 Å². The summed E-state index contributed by atoms with van der Waals surface area (Å²) in [6.07, 6.45) is -5.52. The summed E-state index contributed by atoms with van der Waals surface area (Å²) in [6, 6.07) is 9.87. The van der Waals surface area contributed by atoms with Gasteiger partial charge in [0.05, 0.1) is 53.1 Å². The number of benzene rings is 3. The van der Waals surface area contributed by atoms with Gasteiger partial charge in [0.25, 0.3) is 5.56 Å². The average Bonchev–Trinajstić information content (AvgIpc) is 3.71. The first kappa shape index (κ1) is 41.3. The van der Waals surface area contributed by atoms with E-state index in [4.69, 9.17) is 21.1 Å². The van der Waals surface area contributed by atoms with Crippen molar-refractivity contribution >= 4 is 66.1 Å². The molecule has 302 valence electrons. The Morgan fingerprint density at radius 3 is 2.30 bits per heavy atom. The smallest absolute Gasteiger partial charge is 0.408 e. The van der Waals surface area contributed by atoms with E-state index in [1.165, 1.54) is 24.8 Å². The van der Waals surface area contributed by atoms with Gasteiger partial charge in [-0.1, -0.05) is 23.7 Å². The lowest BCUT2D eigenvalue weighted by molar-refractivity contribution is -0.141. The highest BCUT2D eigenvalue weighted by atomic mass is 35.5. The van der Waals surface area contributed by atoms with Crippen molar-refractivity contribution in [3.8, 4) is 11.4 Å². The number of methoxy groups -OCH3 is 1. The number of thiazole rings is 1. The van der Waals surface area contributed by atoms with Crippen LogP contribution in [0.2, 0.25) is 5.02 Å². The van der Waals surface area contributed by atoms with Gasteiger partial charge in [0.15, 0.2) is 16.2 Å². The SMILES string of the molecule is COc1ccc(CN(c2nn(CC(F)(F)F)c3c(-n4c([C@H](Cc5cc(F)cc(F)c5)NC(=O)OC(C)(C)C)nc5scnc5c4=O)ccc(Cl)c23)S(C)(=O)=O)cc1. The summed E-state index contributed by atoms with van der Waals surface area (Å²) in [7, 11) is -2.86. The Morgan fingerprint density at radius 1 is 1.04 bits per heavy atom. The summed E-state index contributed by atoms with van der Waals surface area (Å²) in [5.74, 6) is -2.23. The molecule has 0 fully saturated rings. The average molecular weight is 854 g/mol. The van der Waals surface area contributed by atoms with E-state index < -0.39 is 82.0 Å². The molecule has 0 aliphatic rings. The number of fused-ring (bicyclic) bond motifs is 2. The molecule has 3 aromatic heterocycles. The Labute approximate surface area is 330 Å². The van der Waals surface area contributed by atoms with Crippen molar-refractivity contribution in [3.05, 3.63) is 104 Å². The number of hydrogen-bond acceptors (Lipinski definition) is 10. The number of sulfonamides is 1. The number of hydrogen-bond donors (Lipinski definition) is 1. The third-order valence-electron chi connectivity index (χ3n) is 8.26. The van der Waals surface area contributed by atoms with Gasteiger partial charge in [-0.05, 0) is 68.3 Å². The molecule has 1 N–H and O–H groups in total. The van der Waals surface area contributed by atoms with Gasteiger partial charge < -0.3 is 14.8 Å². The molecule has 6 aromatic rings. The molecular formula is C36H33ClF5N7O6S2. The molecule has 57 heavy (non-hydrogen) atoms. The highest BCUT2D eigenvalue weighted by molar-refractivity contribution is 7.92. The fourth-order valence-corrected chi connectivity index (χ4v) is 7.77. The number of amides is 1. The van der Waals surface area contributed by atoms with Crippen molar-refractivity contribution in [2.24, 2.45) is 0 Å². The summed E-state index contributed by atoms with van der Waals surface area (Å²) in [4.78, 5) is 36.6. The molecule has 0 bridgehead atoms. The number of nitrogens with zero attached hydrogens (tertiary/aromatic N) is 6. The molecule has 0 spiro atoms. The van der Waals surface area contributed by atoms with Crippen LogP contribution >= 0.6 is 22.9 Å². The Kier molecular flexibility index (Phi) is 11.3. The molecule has 0 aliphatic heterocycles. The Morgan fingerprint density at radius 2 is 1.70 bits per heavy atom. The molecule has 0 saturated heterocycles. The summed E-state index contributed by atoms with van der Waals surface area (Å²) in [6.45, 7) is 2.58. The Balaban J connectivity index is 1.66. The molecule has 1 atom stereocenters. The summed E-state index contributed by atoms with van der Waals surface area (Å²) < 4.78 is 112. The first-order valence-corrected chi connectivity index (χ1v) is 19.9. The molecule has 0 unspecified atom stereocenters. The van der Waals surface area contributed by atoms with Crippen LogP contribution in [0.3, 0.4) is 0 Å². The number of aromatic nitrogens is 5. The minimum absolute atomic E-state index is 0.00624.